The van der Waals surface area contributed by atoms with Crippen molar-refractivity contribution in [3.8, 4) is 0 Å². The summed E-state index contributed by atoms with van der Waals surface area (Å²) >= 11 is 0. The molecule has 0 radical (unpaired) electrons. The number of hydrogen-bond acceptors (Lipinski definition) is 3. The minimum absolute atomic E-state index is 0.205. The Balaban J connectivity index is 3.77. The highest BCUT2D eigenvalue weighted by molar-refractivity contribution is 5.79. The van der Waals surface area contributed by atoms with Crippen molar-refractivity contribution in [3.05, 3.63) is 0 Å². The molecule has 1 unspecified atom stereocenters. The fraction of sp³-hybridized carbons (Fsp3) is 0.857. The molecule has 0 amide bonds. The third-order valence-corrected chi connectivity index (χ3v) is 1.25. The molecule has 1 atom stereocenters. The number of rotatable bonds is 4. The fourth-order valence-corrected chi connectivity index (χ4v) is 0.816. The first-order chi connectivity index (χ1) is 5.74. The van der Waals surface area contributed by atoms with E-state index in [9.17, 15) is 0 Å². The molecule has 5 nitrogen and oxygen atoms in total. The Morgan fingerprint density at radius 1 is 1.67 bits per heavy atom. The number of ether oxygens (including phenoxy) is 1. The molecule has 0 saturated heterocycles. The molecule has 0 bridgehead atoms. The van der Waals surface area contributed by atoms with Gasteiger partial charge >= 0.3 is 0 Å². The Morgan fingerprint density at radius 2 is 2.33 bits per heavy atom. The maximum absolute atomic E-state index is 5.22. The Bertz CT molecular complexity index is 137. The van der Waals surface area contributed by atoms with Gasteiger partial charge in [-0.2, -0.15) is 0 Å². The molecule has 0 aromatic carbocycles. The van der Waals surface area contributed by atoms with E-state index in [1.54, 1.807) is 7.11 Å². The fourth-order valence-electron chi connectivity index (χ4n) is 0.816. The molecule has 12 heavy (non-hydrogen) atoms. The van der Waals surface area contributed by atoms with Crippen LogP contribution in [-0.2, 0) is 4.74 Å². The summed E-state index contributed by atoms with van der Waals surface area (Å²) in [4.78, 5) is 4.08. The lowest BCUT2D eigenvalue weighted by molar-refractivity contribution is 0.179. The van der Waals surface area contributed by atoms with Crippen molar-refractivity contribution in [1.29, 1.82) is 0 Å². The van der Waals surface area contributed by atoms with Gasteiger partial charge in [-0.05, 0) is 13.8 Å². The molecule has 5 heteroatoms. The minimum atomic E-state index is 0.205. The number of nitrogens with two attached hydrogens (primary N) is 1. The number of guanidine groups is 1. The largest absolute Gasteiger partial charge is 0.383 e. The van der Waals surface area contributed by atoms with Gasteiger partial charge in [-0.1, -0.05) is 0 Å². The predicted octanol–water partition coefficient (Wildman–Crippen LogP) is -0.550. The molecule has 0 aliphatic carbocycles. The lowest BCUT2D eigenvalue weighted by Gasteiger charge is -2.14. The molecule has 0 aliphatic rings. The highest BCUT2D eigenvalue weighted by Gasteiger charge is 2.02. The van der Waals surface area contributed by atoms with Gasteiger partial charge in [-0.15, -0.1) is 0 Å². The van der Waals surface area contributed by atoms with Gasteiger partial charge in [0.05, 0.1) is 6.61 Å². The van der Waals surface area contributed by atoms with Crippen LogP contribution in [0.5, 0.6) is 0 Å². The third kappa shape index (κ3) is 4.92. The van der Waals surface area contributed by atoms with Crippen LogP contribution in [0.2, 0.25) is 0 Å². The molecule has 4 N–H and O–H groups in total. The summed E-state index contributed by atoms with van der Waals surface area (Å²) in [6.45, 7) is 5.27. The van der Waals surface area contributed by atoms with E-state index in [0.717, 1.165) is 0 Å². The van der Waals surface area contributed by atoms with Crippen LogP contribution in [-0.4, -0.2) is 32.3 Å². The molecule has 0 aromatic heterocycles. The SMILES string of the molecule is CCN=C(NN)NC(C)COC. The normalized spacial score (nSPS) is 14.2. The maximum Gasteiger partial charge on any atom is 0.206 e. The standard InChI is InChI=1S/C7H18N4O/c1-4-9-7(11-8)10-6(2)5-12-3/h6H,4-5,8H2,1-3H3,(H2,9,10,11). The Labute approximate surface area is 73.3 Å². The van der Waals surface area contributed by atoms with E-state index in [1.165, 1.54) is 0 Å². The van der Waals surface area contributed by atoms with Crippen LogP contribution in [0.3, 0.4) is 0 Å². The van der Waals surface area contributed by atoms with Crippen LogP contribution in [0.15, 0.2) is 4.99 Å². The van der Waals surface area contributed by atoms with Crippen molar-refractivity contribution in [1.82, 2.24) is 10.7 Å². The van der Waals surface area contributed by atoms with Crippen LogP contribution in [0.1, 0.15) is 13.8 Å². The van der Waals surface area contributed by atoms with Gasteiger partial charge in [-0.3, -0.25) is 10.4 Å². The molecule has 0 aliphatic heterocycles. The van der Waals surface area contributed by atoms with Crippen molar-refractivity contribution in [2.75, 3.05) is 20.3 Å². The van der Waals surface area contributed by atoms with E-state index in [1.807, 2.05) is 13.8 Å². The Morgan fingerprint density at radius 3 is 2.75 bits per heavy atom. The van der Waals surface area contributed by atoms with Gasteiger partial charge in [0.2, 0.25) is 5.96 Å². The van der Waals surface area contributed by atoms with E-state index in [2.05, 4.69) is 15.7 Å². The number of nitrogens with zero attached hydrogens (tertiary/aromatic N) is 1. The van der Waals surface area contributed by atoms with Gasteiger partial charge in [0, 0.05) is 19.7 Å². The highest BCUT2D eigenvalue weighted by Crippen LogP contribution is 1.81. The smallest absolute Gasteiger partial charge is 0.206 e. The number of nitrogens with one attached hydrogen (secondary N) is 2. The molecular weight excluding hydrogens is 156 g/mol. The van der Waals surface area contributed by atoms with Gasteiger partial charge < -0.3 is 10.1 Å². The summed E-state index contributed by atoms with van der Waals surface area (Å²) in [5, 5.41) is 3.06. The molecule has 0 fully saturated rings. The maximum atomic E-state index is 5.22. The predicted molar refractivity (Wildman–Crippen MR) is 49.8 cm³/mol. The van der Waals surface area contributed by atoms with Crippen LogP contribution in [0, 0.1) is 0 Å². The zero-order valence-corrected chi connectivity index (χ0v) is 7.92. The summed E-state index contributed by atoms with van der Waals surface area (Å²) in [6, 6.07) is 0.205. The summed E-state index contributed by atoms with van der Waals surface area (Å²) in [5.41, 5.74) is 2.48. The van der Waals surface area contributed by atoms with E-state index >= 15 is 0 Å². The lowest BCUT2D eigenvalue weighted by atomic mass is 10.4. The van der Waals surface area contributed by atoms with E-state index in [4.69, 9.17) is 10.6 Å². The lowest BCUT2D eigenvalue weighted by Crippen LogP contribution is -2.46. The van der Waals surface area contributed by atoms with Gasteiger partial charge in [0.15, 0.2) is 0 Å². The molecule has 0 saturated carbocycles. The van der Waals surface area contributed by atoms with Crippen LogP contribution < -0.4 is 16.6 Å². The van der Waals surface area contributed by atoms with Gasteiger partial charge in [0.25, 0.3) is 0 Å². The van der Waals surface area contributed by atoms with Gasteiger partial charge in [-0.25, -0.2) is 5.84 Å². The first kappa shape index (κ1) is 11.2. The van der Waals surface area contributed by atoms with Crippen molar-refractivity contribution < 1.29 is 4.74 Å². The average Bonchev–Trinajstić information content (AvgIpc) is 2.04. The number of hydrogen-bond donors (Lipinski definition) is 3. The molecular formula is C7H18N4O. The number of hydrazine groups is 1. The number of aliphatic imine (C=N–C) groups is 1. The van der Waals surface area contributed by atoms with Gasteiger partial charge in [0.1, 0.15) is 0 Å². The van der Waals surface area contributed by atoms with Crippen molar-refractivity contribution in [2.24, 2.45) is 10.8 Å². The zero-order valence-electron chi connectivity index (χ0n) is 7.92. The first-order valence-electron chi connectivity index (χ1n) is 4.01. The molecule has 0 rings (SSSR count). The first-order valence-corrected chi connectivity index (χ1v) is 4.01. The van der Waals surface area contributed by atoms with E-state index < -0.39 is 0 Å². The summed E-state index contributed by atoms with van der Waals surface area (Å²) in [5.74, 6) is 5.82. The second-order valence-corrected chi connectivity index (χ2v) is 2.47. The quantitative estimate of drug-likeness (QED) is 0.231. The van der Waals surface area contributed by atoms with Crippen LogP contribution in [0.4, 0.5) is 0 Å². The Hall–Kier alpha value is -0.810. The third-order valence-electron chi connectivity index (χ3n) is 1.25. The monoisotopic (exact) mass is 174 g/mol. The molecule has 72 valence electrons. The van der Waals surface area contributed by atoms with E-state index in [-0.39, 0.29) is 6.04 Å². The minimum Gasteiger partial charge on any atom is -0.383 e. The topological polar surface area (TPSA) is 71.7 Å². The van der Waals surface area contributed by atoms with Crippen LogP contribution in [0.25, 0.3) is 0 Å². The second-order valence-electron chi connectivity index (χ2n) is 2.47. The number of methoxy groups -OCH3 is 1. The molecule has 0 heterocycles. The summed E-state index contributed by atoms with van der Waals surface area (Å²) in [6.07, 6.45) is 0. The molecule has 0 aromatic rings. The second kappa shape index (κ2) is 6.87. The summed E-state index contributed by atoms with van der Waals surface area (Å²) in [7, 11) is 1.66. The van der Waals surface area contributed by atoms with Crippen molar-refractivity contribution >= 4 is 5.96 Å². The van der Waals surface area contributed by atoms with Crippen molar-refractivity contribution in [2.45, 2.75) is 19.9 Å². The average molecular weight is 174 g/mol. The molecule has 0 spiro atoms. The van der Waals surface area contributed by atoms with Crippen LogP contribution >= 0.6 is 0 Å². The van der Waals surface area contributed by atoms with E-state index in [0.29, 0.717) is 19.1 Å². The van der Waals surface area contributed by atoms with Crippen molar-refractivity contribution in [3.63, 3.8) is 0 Å². The highest BCUT2D eigenvalue weighted by atomic mass is 16.5. The Kier molecular flexibility index (Phi) is 6.41. The summed E-state index contributed by atoms with van der Waals surface area (Å²) < 4.78 is 4.94. The zero-order chi connectivity index (χ0) is 9.40.